The second-order valence-corrected chi connectivity index (χ2v) is 4.38. The Hall–Kier alpha value is -2.85. The largest absolute Gasteiger partial charge is 0.380 e. The summed E-state index contributed by atoms with van der Waals surface area (Å²) in [6, 6.07) is 13.8. The highest BCUT2D eigenvalue weighted by atomic mass is 19.1. The number of hydrogen-bond acceptors (Lipinski definition) is 3. The van der Waals surface area contributed by atoms with E-state index >= 15 is 0 Å². The van der Waals surface area contributed by atoms with E-state index in [9.17, 15) is 4.39 Å². The SMILES string of the molecule is Cc1cccc(C#N)c1NCc1ccc(C#N)cc1F. The van der Waals surface area contributed by atoms with E-state index in [2.05, 4.69) is 11.4 Å². The fourth-order valence-corrected chi connectivity index (χ4v) is 1.94. The molecule has 0 aliphatic carbocycles. The Bertz CT molecular complexity index is 723. The molecular weight excluding hydrogens is 253 g/mol. The molecule has 0 aliphatic heterocycles. The molecule has 0 radical (unpaired) electrons. The molecule has 0 amide bonds. The predicted octanol–water partition coefficient (Wildman–Crippen LogP) is 3.49. The number of nitrogens with one attached hydrogen (secondary N) is 1. The zero-order chi connectivity index (χ0) is 14.5. The lowest BCUT2D eigenvalue weighted by molar-refractivity contribution is 0.612. The summed E-state index contributed by atoms with van der Waals surface area (Å²) in [7, 11) is 0. The normalized spacial score (nSPS) is 9.60. The van der Waals surface area contributed by atoms with Gasteiger partial charge in [0.2, 0.25) is 0 Å². The van der Waals surface area contributed by atoms with Crippen LogP contribution in [0.5, 0.6) is 0 Å². The Kier molecular flexibility index (Phi) is 3.98. The van der Waals surface area contributed by atoms with Gasteiger partial charge in [0.15, 0.2) is 0 Å². The van der Waals surface area contributed by atoms with Gasteiger partial charge in [-0.2, -0.15) is 10.5 Å². The molecule has 2 aromatic carbocycles. The van der Waals surface area contributed by atoms with Crippen LogP contribution in [0.1, 0.15) is 22.3 Å². The first kappa shape index (κ1) is 13.6. The zero-order valence-electron chi connectivity index (χ0n) is 10.9. The minimum absolute atomic E-state index is 0.261. The Morgan fingerprint density at radius 2 is 1.95 bits per heavy atom. The van der Waals surface area contributed by atoms with Crippen molar-refractivity contribution in [2.45, 2.75) is 13.5 Å². The molecule has 0 atom stereocenters. The lowest BCUT2D eigenvalue weighted by atomic mass is 10.1. The third-order valence-corrected chi connectivity index (χ3v) is 3.03. The smallest absolute Gasteiger partial charge is 0.129 e. The molecule has 0 spiro atoms. The number of benzene rings is 2. The molecule has 0 saturated carbocycles. The van der Waals surface area contributed by atoms with Gasteiger partial charge in [0.1, 0.15) is 11.9 Å². The first-order valence-corrected chi connectivity index (χ1v) is 6.08. The van der Waals surface area contributed by atoms with Crippen molar-refractivity contribution in [3.63, 3.8) is 0 Å². The van der Waals surface area contributed by atoms with Crippen LogP contribution in [-0.2, 0) is 6.54 Å². The van der Waals surface area contributed by atoms with E-state index in [1.54, 1.807) is 24.3 Å². The van der Waals surface area contributed by atoms with Crippen molar-refractivity contribution in [2.75, 3.05) is 5.32 Å². The number of aryl methyl sites for hydroxylation is 1. The van der Waals surface area contributed by atoms with Gasteiger partial charge >= 0.3 is 0 Å². The van der Waals surface area contributed by atoms with Crippen LogP contribution in [0.3, 0.4) is 0 Å². The standard InChI is InChI=1S/C16H12FN3/c1-11-3-2-4-13(9-19)16(11)20-10-14-6-5-12(8-18)7-15(14)17/h2-7,20H,10H2,1H3. The molecule has 2 rings (SSSR count). The van der Waals surface area contributed by atoms with Crippen LogP contribution < -0.4 is 5.32 Å². The predicted molar refractivity (Wildman–Crippen MR) is 74.3 cm³/mol. The van der Waals surface area contributed by atoms with Crippen LogP contribution in [0.4, 0.5) is 10.1 Å². The minimum atomic E-state index is -0.427. The van der Waals surface area contributed by atoms with E-state index in [1.807, 2.05) is 19.1 Å². The summed E-state index contributed by atoms with van der Waals surface area (Å²) >= 11 is 0. The molecule has 2 aromatic rings. The molecule has 4 heteroatoms. The van der Waals surface area contributed by atoms with Gasteiger partial charge in [-0.25, -0.2) is 4.39 Å². The third-order valence-electron chi connectivity index (χ3n) is 3.03. The number of nitrogens with zero attached hydrogens (tertiary/aromatic N) is 2. The van der Waals surface area contributed by atoms with Crippen LogP contribution in [-0.4, -0.2) is 0 Å². The number of rotatable bonds is 3. The quantitative estimate of drug-likeness (QED) is 0.924. The summed E-state index contributed by atoms with van der Waals surface area (Å²) in [4.78, 5) is 0. The molecule has 0 fully saturated rings. The van der Waals surface area contributed by atoms with Crippen LogP contribution in [0.15, 0.2) is 36.4 Å². The molecule has 0 unspecified atom stereocenters. The topological polar surface area (TPSA) is 59.6 Å². The second kappa shape index (κ2) is 5.86. The Balaban J connectivity index is 2.22. The van der Waals surface area contributed by atoms with Crippen molar-refractivity contribution in [2.24, 2.45) is 0 Å². The van der Waals surface area contributed by atoms with Gasteiger partial charge in [-0.1, -0.05) is 18.2 Å². The van der Waals surface area contributed by atoms with E-state index in [0.29, 0.717) is 22.4 Å². The lowest BCUT2D eigenvalue weighted by Gasteiger charge is -2.11. The first-order valence-electron chi connectivity index (χ1n) is 6.08. The maximum absolute atomic E-state index is 13.8. The number of halogens is 1. The van der Waals surface area contributed by atoms with Crippen molar-refractivity contribution >= 4 is 5.69 Å². The van der Waals surface area contributed by atoms with Crippen LogP contribution in [0.2, 0.25) is 0 Å². The van der Waals surface area contributed by atoms with Gasteiger partial charge < -0.3 is 5.32 Å². The molecule has 98 valence electrons. The van der Waals surface area contributed by atoms with Crippen LogP contribution >= 0.6 is 0 Å². The molecule has 20 heavy (non-hydrogen) atoms. The van der Waals surface area contributed by atoms with Crippen molar-refractivity contribution in [3.8, 4) is 12.1 Å². The van der Waals surface area contributed by atoms with Crippen molar-refractivity contribution in [3.05, 3.63) is 64.5 Å². The molecule has 0 bridgehead atoms. The van der Waals surface area contributed by atoms with E-state index in [0.717, 1.165) is 5.56 Å². The summed E-state index contributed by atoms with van der Waals surface area (Å²) in [6.07, 6.45) is 0. The number of para-hydroxylation sites is 1. The van der Waals surface area contributed by atoms with E-state index in [1.165, 1.54) is 6.07 Å². The van der Waals surface area contributed by atoms with E-state index in [4.69, 9.17) is 10.5 Å². The van der Waals surface area contributed by atoms with Gasteiger partial charge in [0, 0.05) is 12.1 Å². The van der Waals surface area contributed by atoms with Gasteiger partial charge in [-0.05, 0) is 30.7 Å². The number of anilines is 1. The summed E-state index contributed by atoms with van der Waals surface area (Å²) < 4.78 is 13.8. The maximum atomic E-state index is 13.8. The monoisotopic (exact) mass is 265 g/mol. The molecule has 1 N–H and O–H groups in total. The summed E-state index contributed by atoms with van der Waals surface area (Å²) in [6.45, 7) is 2.15. The first-order chi connectivity index (χ1) is 9.65. The molecular formula is C16H12FN3. The van der Waals surface area contributed by atoms with Crippen molar-refractivity contribution in [1.82, 2.24) is 0 Å². The average Bonchev–Trinajstić information content (AvgIpc) is 2.46. The minimum Gasteiger partial charge on any atom is -0.380 e. The van der Waals surface area contributed by atoms with Gasteiger partial charge in [0.05, 0.1) is 22.9 Å². The number of nitriles is 2. The summed E-state index contributed by atoms with van der Waals surface area (Å²) in [5, 5.41) is 20.8. The van der Waals surface area contributed by atoms with Crippen molar-refractivity contribution in [1.29, 1.82) is 10.5 Å². The fraction of sp³-hybridized carbons (Fsp3) is 0.125. The summed E-state index contributed by atoms with van der Waals surface area (Å²) in [5.74, 6) is -0.427. The zero-order valence-corrected chi connectivity index (χ0v) is 10.9. The number of hydrogen-bond donors (Lipinski definition) is 1. The Morgan fingerprint density at radius 1 is 1.15 bits per heavy atom. The molecule has 0 aliphatic rings. The van der Waals surface area contributed by atoms with Crippen LogP contribution in [0, 0.1) is 35.4 Å². The molecule has 0 heterocycles. The summed E-state index contributed by atoms with van der Waals surface area (Å²) in [5.41, 5.74) is 2.91. The highest BCUT2D eigenvalue weighted by Crippen LogP contribution is 2.21. The van der Waals surface area contributed by atoms with Crippen LogP contribution in [0.25, 0.3) is 0 Å². The Morgan fingerprint density at radius 3 is 2.60 bits per heavy atom. The fourth-order valence-electron chi connectivity index (χ4n) is 1.94. The van der Waals surface area contributed by atoms with Gasteiger partial charge in [0.25, 0.3) is 0 Å². The highest BCUT2D eigenvalue weighted by Gasteiger charge is 2.07. The molecule has 3 nitrogen and oxygen atoms in total. The van der Waals surface area contributed by atoms with Crippen molar-refractivity contribution < 1.29 is 4.39 Å². The van der Waals surface area contributed by atoms with E-state index < -0.39 is 5.82 Å². The third kappa shape index (κ3) is 2.76. The second-order valence-electron chi connectivity index (χ2n) is 4.38. The molecule has 0 aromatic heterocycles. The molecule has 0 saturated heterocycles. The average molecular weight is 265 g/mol. The van der Waals surface area contributed by atoms with Gasteiger partial charge in [-0.15, -0.1) is 0 Å². The lowest BCUT2D eigenvalue weighted by Crippen LogP contribution is -2.05. The maximum Gasteiger partial charge on any atom is 0.129 e. The van der Waals surface area contributed by atoms with Gasteiger partial charge in [-0.3, -0.25) is 0 Å². The highest BCUT2D eigenvalue weighted by molar-refractivity contribution is 5.62. The Labute approximate surface area is 116 Å². The van der Waals surface area contributed by atoms with E-state index in [-0.39, 0.29) is 6.54 Å².